The first kappa shape index (κ1) is 11.2. The first-order valence-corrected chi connectivity index (χ1v) is 3.55. The average Bonchev–Trinajstić information content (AvgIpc) is 2.29. The number of hydrogen-bond donors (Lipinski definition) is 1. The quantitative estimate of drug-likeness (QED) is 0.769. The summed E-state index contributed by atoms with van der Waals surface area (Å²) in [6.45, 7) is 4.34. The van der Waals surface area contributed by atoms with Gasteiger partial charge in [0.05, 0.1) is 5.69 Å². The number of aromatic nitrogens is 1. The van der Waals surface area contributed by atoms with Crippen LogP contribution in [0.2, 0.25) is 0 Å². The van der Waals surface area contributed by atoms with E-state index in [0.717, 1.165) is 17.0 Å². The monoisotopic (exact) mass is 188 g/mol. The smallest absolute Gasteiger partial charge is 0.141 e. The fraction of sp³-hybridized carbons (Fsp3) is 0.375. The maximum absolute atomic E-state index is 5.31. The zero-order chi connectivity index (χ0) is 8.27. The number of halogens is 1. The molecular formula is C8H13ClN2O. The lowest BCUT2D eigenvalue weighted by Crippen LogP contribution is -1.92. The van der Waals surface area contributed by atoms with Gasteiger partial charge in [-0.2, -0.15) is 0 Å². The van der Waals surface area contributed by atoms with Crippen LogP contribution in [-0.4, -0.2) is 11.7 Å². The SMILES string of the molecule is Cc1noc(C)c1/C=C/CN.Cl. The Morgan fingerprint density at radius 2 is 2.17 bits per heavy atom. The van der Waals surface area contributed by atoms with Gasteiger partial charge in [0.25, 0.3) is 0 Å². The summed E-state index contributed by atoms with van der Waals surface area (Å²) in [5.41, 5.74) is 7.25. The van der Waals surface area contributed by atoms with Crippen molar-refractivity contribution in [1.29, 1.82) is 0 Å². The first-order chi connectivity index (χ1) is 5.25. The van der Waals surface area contributed by atoms with Crippen LogP contribution in [0.4, 0.5) is 0 Å². The standard InChI is InChI=1S/C8H12N2O.ClH/c1-6-8(4-3-5-9)7(2)11-10-6;/h3-4H,5,9H2,1-2H3;1H/b4-3+;. The van der Waals surface area contributed by atoms with Gasteiger partial charge < -0.3 is 10.3 Å². The summed E-state index contributed by atoms with van der Waals surface area (Å²) in [4.78, 5) is 0. The molecule has 0 spiro atoms. The van der Waals surface area contributed by atoms with Gasteiger partial charge in [-0.15, -0.1) is 12.4 Å². The molecule has 1 aromatic heterocycles. The molecule has 0 unspecified atom stereocenters. The van der Waals surface area contributed by atoms with Gasteiger partial charge in [-0.05, 0) is 13.8 Å². The minimum Gasteiger partial charge on any atom is -0.361 e. The number of rotatable bonds is 2. The van der Waals surface area contributed by atoms with E-state index in [1.54, 1.807) is 0 Å². The normalized spacial score (nSPS) is 10.2. The zero-order valence-electron chi connectivity index (χ0n) is 7.20. The molecule has 3 nitrogen and oxygen atoms in total. The third-order valence-electron chi connectivity index (χ3n) is 1.51. The highest BCUT2D eigenvalue weighted by molar-refractivity contribution is 5.85. The zero-order valence-corrected chi connectivity index (χ0v) is 8.02. The Morgan fingerprint density at radius 3 is 2.58 bits per heavy atom. The molecule has 68 valence electrons. The van der Waals surface area contributed by atoms with Crippen LogP contribution in [0.25, 0.3) is 6.08 Å². The van der Waals surface area contributed by atoms with Crippen LogP contribution < -0.4 is 5.73 Å². The third-order valence-corrected chi connectivity index (χ3v) is 1.51. The highest BCUT2D eigenvalue weighted by Gasteiger charge is 2.03. The predicted molar refractivity (Wildman–Crippen MR) is 51.3 cm³/mol. The van der Waals surface area contributed by atoms with Gasteiger partial charge in [-0.1, -0.05) is 17.3 Å². The van der Waals surface area contributed by atoms with Gasteiger partial charge in [0, 0.05) is 12.1 Å². The lowest BCUT2D eigenvalue weighted by atomic mass is 10.2. The van der Waals surface area contributed by atoms with E-state index in [-0.39, 0.29) is 12.4 Å². The van der Waals surface area contributed by atoms with Gasteiger partial charge >= 0.3 is 0 Å². The van der Waals surface area contributed by atoms with Crippen molar-refractivity contribution < 1.29 is 4.52 Å². The number of aryl methyl sites for hydroxylation is 2. The Bertz CT molecular complexity index is 249. The second kappa shape index (κ2) is 4.95. The van der Waals surface area contributed by atoms with E-state index in [1.165, 1.54) is 0 Å². The van der Waals surface area contributed by atoms with Crippen molar-refractivity contribution >= 4 is 18.5 Å². The molecule has 0 bridgehead atoms. The van der Waals surface area contributed by atoms with Crippen molar-refractivity contribution in [2.75, 3.05) is 6.54 Å². The molecule has 0 radical (unpaired) electrons. The molecule has 12 heavy (non-hydrogen) atoms. The number of hydrogen-bond acceptors (Lipinski definition) is 3. The van der Waals surface area contributed by atoms with Gasteiger partial charge in [0.2, 0.25) is 0 Å². The molecule has 1 heterocycles. The predicted octanol–water partition coefficient (Wildman–Crippen LogP) is 1.69. The van der Waals surface area contributed by atoms with Gasteiger partial charge in [0.1, 0.15) is 5.76 Å². The molecule has 0 aliphatic carbocycles. The van der Waals surface area contributed by atoms with E-state index in [4.69, 9.17) is 10.3 Å². The van der Waals surface area contributed by atoms with Gasteiger partial charge in [-0.25, -0.2) is 0 Å². The molecule has 1 aromatic rings. The van der Waals surface area contributed by atoms with Crippen LogP contribution in [0.5, 0.6) is 0 Å². The van der Waals surface area contributed by atoms with E-state index in [9.17, 15) is 0 Å². The molecule has 4 heteroatoms. The Balaban J connectivity index is 0.00000121. The molecule has 0 aliphatic rings. The molecule has 1 rings (SSSR count). The van der Waals surface area contributed by atoms with Crippen LogP contribution in [0.15, 0.2) is 10.6 Å². The topological polar surface area (TPSA) is 52.0 Å². The van der Waals surface area contributed by atoms with Crippen LogP contribution in [0.3, 0.4) is 0 Å². The number of nitrogens with zero attached hydrogens (tertiary/aromatic N) is 1. The fourth-order valence-corrected chi connectivity index (χ4v) is 0.914. The lowest BCUT2D eigenvalue weighted by Gasteiger charge is -1.87. The highest BCUT2D eigenvalue weighted by Crippen LogP contribution is 2.13. The van der Waals surface area contributed by atoms with Crippen LogP contribution in [-0.2, 0) is 0 Å². The molecule has 0 amide bonds. The van der Waals surface area contributed by atoms with Crippen LogP contribution >= 0.6 is 12.4 Å². The fourth-order valence-electron chi connectivity index (χ4n) is 0.914. The van der Waals surface area contributed by atoms with E-state index in [1.807, 2.05) is 26.0 Å². The van der Waals surface area contributed by atoms with Crippen molar-refractivity contribution in [3.8, 4) is 0 Å². The summed E-state index contributed by atoms with van der Waals surface area (Å²) in [6.07, 6.45) is 3.81. The average molecular weight is 189 g/mol. The molecule has 0 fully saturated rings. The summed E-state index contributed by atoms with van der Waals surface area (Å²) in [5.74, 6) is 0.840. The molecule has 2 N–H and O–H groups in total. The molecule has 0 saturated carbocycles. The van der Waals surface area contributed by atoms with E-state index in [0.29, 0.717) is 6.54 Å². The molecule has 0 saturated heterocycles. The van der Waals surface area contributed by atoms with Crippen molar-refractivity contribution in [3.05, 3.63) is 23.1 Å². The molecular weight excluding hydrogens is 176 g/mol. The molecule has 0 aliphatic heterocycles. The van der Waals surface area contributed by atoms with E-state index >= 15 is 0 Å². The van der Waals surface area contributed by atoms with Crippen molar-refractivity contribution in [3.63, 3.8) is 0 Å². The first-order valence-electron chi connectivity index (χ1n) is 3.55. The van der Waals surface area contributed by atoms with Crippen molar-refractivity contribution in [2.24, 2.45) is 5.73 Å². The largest absolute Gasteiger partial charge is 0.361 e. The minimum absolute atomic E-state index is 0. The second-order valence-electron chi connectivity index (χ2n) is 2.38. The molecule has 0 aromatic carbocycles. The Morgan fingerprint density at radius 1 is 1.50 bits per heavy atom. The Labute approximate surface area is 78.0 Å². The van der Waals surface area contributed by atoms with Crippen LogP contribution in [0, 0.1) is 13.8 Å². The minimum atomic E-state index is 0. The Kier molecular flexibility index (Phi) is 4.62. The summed E-state index contributed by atoms with van der Waals surface area (Å²) >= 11 is 0. The summed E-state index contributed by atoms with van der Waals surface area (Å²) in [5, 5.41) is 3.80. The maximum Gasteiger partial charge on any atom is 0.141 e. The van der Waals surface area contributed by atoms with Crippen LogP contribution in [0.1, 0.15) is 17.0 Å². The second-order valence-corrected chi connectivity index (χ2v) is 2.38. The summed E-state index contributed by atoms with van der Waals surface area (Å²) < 4.78 is 4.95. The van der Waals surface area contributed by atoms with Gasteiger partial charge in [0.15, 0.2) is 0 Å². The molecule has 0 atom stereocenters. The third kappa shape index (κ3) is 2.36. The summed E-state index contributed by atoms with van der Waals surface area (Å²) in [6, 6.07) is 0. The lowest BCUT2D eigenvalue weighted by molar-refractivity contribution is 0.393. The number of nitrogens with two attached hydrogens (primary N) is 1. The Hall–Kier alpha value is -0.800. The highest BCUT2D eigenvalue weighted by atomic mass is 35.5. The van der Waals surface area contributed by atoms with Crippen molar-refractivity contribution in [2.45, 2.75) is 13.8 Å². The maximum atomic E-state index is 5.31. The van der Waals surface area contributed by atoms with Crippen molar-refractivity contribution in [1.82, 2.24) is 5.16 Å². The summed E-state index contributed by atoms with van der Waals surface area (Å²) in [7, 11) is 0. The van der Waals surface area contributed by atoms with E-state index < -0.39 is 0 Å². The van der Waals surface area contributed by atoms with Gasteiger partial charge in [-0.3, -0.25) is 0 Å². The van der Waals surface area contributed by atoms with E-state index in [2.05, 4.69) is 5.16 Å².